The molecule has 28 heavy (non-hydrogen) atoms. The smallest absolute Gasteiger partial charge is 0.258 e. The average molecular weight is 452 g/mol. The lowest BCUT2D eigenvalue weighted by atomic mass is 10.2. The fourth-order valence-corrected chi connectivity index (χ4v) is 4.09. The first-order valence-electron chi connectivity index (χ1n) is 8.45. The average Bonchev–Trinajstić information content (AvgIpc) is 3.10. The Labute approximate surface area is 173 Å². The number of nitrogens with zero attached hydrogens (tertiary/aromatic N) is 3. The molecule has 0 aliphatic carbocycles. The number of rotatable bonds is 4. The topological polar surface area (TPSA) is 68.4 Å². The first kappa shape index (κ1) is 18.5. The molecular formula is C21H14BrN3O2S. The maximum absolute atomic E-state index is 11.0. The molecule has 0 unspecified atom stereocenters. The number of aliphatic imine (C=N–C) groups is 1. The minimum atomic E-state index is -0.421. The van der Waals surface area contributed by atoms with Crippen molar-refractivity contribution in [3.8, 4) is 10.6 Å². The third-order valence-corrected chi connectivity index (χ3v) is 5.94. The summed E-state index contributed by atoms with van der Waals surface area (Å²) in [4.78, 5) is 19.7. The lowest BCUT2D eigenvalue weighted by Crippen LogP contribution is -1.91. The second kappa shape index (κ2) is 7.61. The quantitative estimate of drug-likeness (QED) is 0.197. The van der Waals surface area contributed by atoms with E-state index in [0.717, 1.165) is 21.8 Å². The summed E-state index contributed by atoms with van der Waals surface area (Å²) in [6.07, 6.45) is 1.62. The van der Waals surface area contributed by atoms with Crippen LogP contribution in [0.15, 0.2) is 70.1 Å². The molecule has 0 saturated heterocycles. The SMILES string of the molecule is Cc1ccc2sc(-c3ccc(N=Cc4ccc(Br)c([N+](=O)[O-])c4)cc3)nc2c1. The molecule has 138 valence electrons. The van der Waals surface area contributed by atoms with E-state index in [1.807, 2.05) is 24.3 Å². The van der Waals surface area contributed by atoms with Crippen LogP contribution in [0.5, 0.6) is 0 Å². The Balaban J connectivity index is 1.57. The molecule has 0 aliphatic rings. The van der Waals surface area contributed by atoms with Crippen molar-refractivity contribution in [1.82, 2.24) is 4.98 Å². The molecule has 0 amide bonds. The van der Waals surface area contributed by atoms with Gasteiger partial charge in [-0.25, -0.2) is 4.98 Å². The fourth-order valence-electron chi connectivity index (χ4n) is 2.75. The van der Waals surface area contributed by atoms with E-state index in [-0.39, 0.29) is 5.69 Å². The lowest BCUT2D eigenvalue weighted by Gasteiger charge is -1.99. The Kier molecular flexibility index (Phi) is 5.02. The Bertz CT molecular complexity index is 1220. The summed E-state index contributed by atoms with van der Waals surface area (Å²) in [5.41, 5.74) is 4.70. The number of aromatic nitrogens is 1. The summed E-state index contributed by atoms with van der Waals surface area (Å²) < 4.78 is 1.62. The van der Waals surface area contributed by atoms with Crippen molar-refractivity contribution in [1.29, 1.82) is 0 Å². The molecule has 4 aromatic rings. The van der Waals surface area contributed by atoms with Crippen LogP contribution in [-0.4, -0.2) is 16.1 Å². The highest BCUT2D eigenvalue weighted by molar-refractivity contribution is 9.10. The van der Waals surface area contributed by atoms with E-state index in [0.29, 0.717) is 10.0 Å². The van der Waals surface area contributed by atoms with Crippen LogP contribution < -0.4 is 0 Å². The number of thiazole rings is 1. The molecule has 1 aromatic heterocycles. The van der Waals surface area contributed by atoms with Gasteiger partial charge in [0.1, 0.15) is 5.01 Å². The highest BCUT2D eigenvalue weighted by Crippen LogP contribution is 2.31. The second-order valence-electron chi connectivity index (χ2n) is 6.26. The highest BCUT2D eigenvalue weighted by Gasteiger charge is 2.11. The van der Waals surface area contributed by atoms with Gasteiger partial charge in [0.2, 0.25) is 0 Å². The zero-order chi connectivity index (χ0) is 19.7. The third kappa shape index (κ3) is 3.85. The Hall–Kier alpha value is -2.90. The number of fused-ring (bicyclic) bond motifs is 1. The molecule has 0 fully saturated rings. The largest absolute Gasteiger partial charge is 0.284 e. The molecule has 3 aromatic carbocycles. The van der Waals surface area contributed by atoms with E-state index < -0.39 is 4.92 Å². The van der Waals surface area contributed by atoms with Gasteiger partial charge in [0.25, 0.3) is 5.69 Å². The van der Waals surface area contributed by atoms with Crippen LogP contribution in [0, 0.1) is 17.0 Å². The summed E-state index contributed by atoms with van der Waals surface area (Å²) in [6, 6.07) is 19.0. The normalized spacial score (nSPS) is 11.4. The lowest BCUT2D eigenvalue weighted by molar-refractivity contribution is -0.385. The number of aryl methyl sites for hydroxylation is 1. The summed E-state index contributed by atoms with van der Waals surface area (Å²) in [7, 11) is 0. The Morgan fingerprint density at radius 3 is 2.64 bits per heavy atom. The van der Waals surface area contributed by atoms with Gasteiger partial charge in [-0.15, -0.1) is 11.3 Å². The minimum absolute atomic E-state index is 0.0189. The summed E-state index contributed by atoms with van der Waals surface area (Å²) in [5.74, 6) is 0. The number of hydrogen-bond acceptors (Lipinski definition) is 5. The van der Waals surface area contributed by atoms with Crippen LogP contribution in [0.3, 0.4) is 0 Å². The molecule has 0 radical (unpaired) electrons. The number of nitro benzene ring substituents is 1. The number of halogens is 1. The Morgan fingerprint density at radius 2 is 1.89 bits per heavy atom. The molecule has 0 atom stereocenters. The molecule has 5 nitrogen and oxygen atoms in total. The highest BCUT2D eigenvalue weighted by atomic mass is 79.9. The predicted octanol–water partition coefficient (Wildman–Crippen LogP) is 6.69. The van der Waals surface area contributed by atoms with Crippen LogP contribution in [0.2, 0.25) is 0 Å². The molecule has 7 heteroatoms. The summed E-state index contributed by atoms with van der Waals surface area (Å²) >= 11 is 4.85. The number of benzene rings is 3. The molecule has 0 aliphatic heterocycles. The fraction of sp³-hybridized carbons (Fsp3) is 0.0476. The number of nitro groups is 1. The van der Waals surface area contributed by atoms with Crippen molar-refractivity contribution >= 4 is 55.1 Å². The molecule has 4 rings (SSSR count). The van der Waals surface area contributed by atoms with Gasteiger partial charge < -0.3 is 0 Å². The van der Waals surface area contributed by atoms with E-state index in [1.54, 1.807) is 29.7 Å². The van der Waals surface area contributed by atoms with Crippen LogP contribution in [-0.2, 0) is 0 Å². The van der Waals surface area contributed by atoms with Gasteiger partial charge in [0.15, 0.2) is 0 Å². The van der Waals surface area contributed by atoms with Crippen molar-refractivity contribution in [2.45, 2.75) is 6.92 Å². The maximum atomic E-state index is 11.0. The molecule has 0 N–H and O–H groups in total. The van der Waals surface area contributed by atoms with E-state index in [9.17, 15) is 10.1 Å². The molecule has 1 heterocycles. The van der Waals surface area contributed by atoms with E-state index in [4.69, 9.17) is 4.98 Å². The number of hydrogen-bond donors (Lipinski definition) is 0. The second-order valence-corrected chi connectivity index (χ2v) is 8.15. The predicted molar refractivity (Wildman–Crippen MR) is 118 cm³/mol. The van der Waals surface area contributed by atoms with Crippen LogP contribution in [0.1, 0.15) is 11.1 Å². The molecular weight excluding hydrogens is 438 g/mol. The standard InChI is InChI=1S/C21H14BrN3O2S/c1-13-2-9-20-18(10-13)24-21(28-20)15-4-6-16(7-5-15)23-12-14-3-8-17(22)19(11-14)25(26)27/h2-12H,1H3. The first-order valence-corrected chi connectivity index (χ1v) is 10.1. The van der Waals surface area contributed by atoms with Crippen LogP contribution in [0.4, 0.5) is 11.4 Å². The molecule has 0 bridgehead atoms. The van der Waals surface area contributed by atoms with Crippen molar-refractivity contribution < 1.29 is 4.92 Å². The van der Waals surface area contributed by atoms with Crippen molar-refractivity contribution in [2.75, 3.05) is 0 Å². The van der Waals surface area contributed by atoms with Crippen molar-refractivity contribution in [3.63, 3.8) is 0 Å². The molecule has 0 spiro atoms. The summed E-state index contributed by atoms with van der Waals surface area (Å²) in [5, 5.41) is 12.0. The van der Waals surface area contributed by atoms with Crippen molar-refractivity contribution in [3.05, 3.63) is 86.4 Å². The zero-order valence-electron chi connectivity index (χ0n) is 14.8. The van der Waals surface area contributed by atoms with Gasteiger partial charge in [-0.1, -0.05) is 12.1 Å². The zero-order valence-corrected chi connectivity index (χ0v) is 17.2. The van der Waals surface area contributed by atoms with Crippen molar-refractivity contribution in [2.24, 2.45) is 4.99 Å². The summed E-state index contributed by atoms with van der Waals surface area (Å²) in [6.45, 7) is 2.06. The van der Waals surface area contributed by atoms with Gasteiger partial charge in [0.05, 0.1) is 25.3 Å². The monoisotopic (exact) mass is 451 g/mol. The third-order valence-electron chi connectivity index (χ3n) is 4.19. The van der Waals surface area contributed by atoms with E-state index in [2.05, 4.69) is 46.0 Å². The minimum Gasteiger partial charge on any atom is -0.258 e. The van der Waals surface area contributed by atoms with E-state index in [1.165, 1.54) is 16.3 Å². The van der Waals surface area contributed by atoms with Gasteiger partial charge in [0, 0.05) is 17.8 Å². The van der Waals surface area contributed by atoms with Gasteiger partial charge in [-0.05, 0) is 76.4 Å². The Morgan fingerprint density at radius 1 is 1.11 bits per heavy atom. The maximum Gasteiger partial charge on any atom is 0.284 e. The van der Waals surface area contributed by atoms with Crippen LogP contribution >= 0.6 is 27.3 Å². The van der Waals surface area contributed by atoms with Crippen LogP contribution in [0.25, 0.3) is 20.8 Å². The van der Waals surface area contributed by atoms with Gasteiger partial charge in [-0.3, -0.25) is 15.1 Å². The van der Waals surface area contributed by atoms with Gasteiger partial charge >= 0.3 is 0 Å². The van der Waals surface area contributed by atoms with Gasteiger partial charge in [-0.2, -0.15) is 0 Å². The van der Waals surface area contributed by atoms with E-state index >= 15 is 0 Å². The first-order chi connectivity index (χ1) is 13.5. The molecule has 0 saturated carbocycles.